The summed E-state index contributed by atoms with van der Waals surface area (Å²) in [6, 6.07) is 13.6. The van der Waals surface area contributed by atoms with E-state index in [1.807, 2.05) is 0 Å². The van der Waals surface area contributed by atoms with Gasteiger partial charge in [-0.3, -0.25) is 25.7 Å². The number of hydrogen-bond donors (Lipinski definition) is 1. The highest BCUT2D eigenvalue weighted by Crippen LogP contribution is 2.31. The molecule has 0 unspecified atom stereocenters. The zero-order chi connectivity index (χ0) is 21.5. The summed E-state index contributed by atoms with van der Waals surface area (Å²) in [5.74, 6) is 0.967. The van der Waals surface area contributed by atoms with Crippen molar-refractivity contribution in [3.8, 4) is 17.4 Å². The first-order chi connectivity index (χ1) is 14.5. The lowest BCUT2D eigenvalue weighted by atomic mass is 10.2. The van der Waals surface area contributed by atoms with Crippen molar-refractivity contribution in [3.05, 3.63) is 86.6 Å². The third-order valence-electron chi connectivity index (χ3n) is 3.82. The lowest BCUT2D eigenvalue weighted by Gasteiger charge is -2.10. The van der Waals surface area contributed by atoms with Crippen LogP contribution in [0.15, 0.2) is 65.9 Å². The zero-order valence-corrected chi connectivity index (χ0v) is 15.6. The van der Waals surface area contributed by atoms with Crippen LogP contribution in [0.1, 0.15) is 5.56 Å². The Bertz CT molecular complexity index is 1080. The van der Waals surface area contributed by atoms with E-state index in [9.17, 15) is 20.2 Å². The predicted octanol–water partition coefficient (Wildman–Crippen LogP) is 4.14. The van der Waals surface area contributed by atoms with Crippen molar-refractivity contribution >= 4 is 23.3 Å². The van der Waals surface area contributed by atoms with Crippen molar-refractivity contribution in [2.75, 3.05) is 12.5 Å². The van der Waals surface area contributed by atoms with E-state index in [2.05, 4.69) is 15.5 Å². The molecule has 3 aromatic rings. The Morgan fingerprint density at radius 2 is 1.67 bits per heavy atom. The van der Waals surface area contributed by atoms with Crippen LogP contribution in [-0.4, -0.2) is 28.2 Å². The standard InChI is InChI=1S/C19H15N5O6/c1-29-18-10-13(11-21-22-14-3-5-15(6-4-14)23(25)26)2-8-17(18)30-19-9-7-16(12-20-19)24(27)28/h2-12,22H,1H3. The second kappa shape index (κ2) is 9.10. The molecule has 152 valence electrons. The molecule has 0 saturated heterocycles. The molecular formula is C19H15N5O6. The van der Waals surface area contributed by atoms with Gasteiger partial charge in [0.1, 0.15) is 6.20 Å². The Morgan fingerprint density at radius 3 is 2.27 bits per heavy atom. The molecule has 0 fully saturated rings. The maximum absolute atomic E-state index is 10.7. The molecule has 11 heteroatoms. The van der Waals surface area contributed by atoms with E-state index in [1.165, 1.54) is 37.6 Å². The fraction of sp³-hybridized carbons (Fsp3) is 0.0526. The number of anilines is 1. The molecule has 0 saturated carbocycles. The predicted molar refractivity (Wildman–Crippen MR) is 108 cm³/mol. The minimum atomic E-state index is -0.545. The largest absolute Gasteiger partial charge is 0.493 e. The fourth-order valence-corrected chi connectivity index (χ4v) is 2.34. The topological polar surface area (TPSA) is 142 Å². The van der Waals surface area contributed by atoms with Gasteiger partial charge < -0.3 is 9.47 Å². The van der Waals surface area contributed by atoms with Gasteiger partial charge in [0.25, 0.3) is 11.4 Å². The van der Waals surface area contributed by atoms with Crippen molar-refractivity contribution in [1.82, 2.24) is 4.98 Å². The maximum atomic E-state index is 10.7. The number of nitrogens with zero attached hydrogens (tertiary/aromatic N) is 4. The Labute approximate surface area is 169 Å². The molecule has 0 radical (unpaired) electrons. The third kappa shape index (κ3) is 5.04. The Kier molecular flexibility index (Phi) is 6.13. The molecule has 0 bridgehead atoms. The number of benzene rings is 2. The van der Waals surface area contributed by atoms with Crippen LogP contribution in [0.4, 0.5) is 17.1 Å². The lowest BCUT2D eigenvalue weighted by molar-refractivity contribution is -0.385. The molecule has 0 amide bonds. The van der Waals surface area contributed by atoms with Crippen molar-refractivity contribution in [3.63, 3.8) is 0 Å². The van der Waals surface area contributed by atoms with E-state index >= 15 is 0 Å². The van der Waals surface area contributed by atoms with Crippen LogP contribution < -0.4 is 14.9 Å². The van der Waals surface area contributed by atoms with Gasteiger partial charge in [0, 0.05) is 24.3 Å². The molecule has 3 rings (SSSR count). The first-order valence-electron chi connectivity index (χ1n) is 8.46. The average Bonchev–Trinajstić information content (AvgIpc) is 2.75. The average molecular weight is 409 g/mol. The van der Waals surface area contributed by atoms with Gasteiger partial charge in [-0.05, 0) is 35.9 Å². The fourth-order valence-electron chi connectivity index (χ4n) is 2.34. The first kappa shape index (κ1) is 20.2. The molecule has 1 heterocycles. The molecule has 2 aromatic carbocycles. The summed E-state index contributed by atoms with van der Waals surface area (Å²) in [6.07, 6.45) is 2.64. The Balaban J connectivity index is 1.67. The second-order valence-electron chi connectivity index (χ2n) is 5.80. The summed E-state index contributed by atoms with van der Waals surface area (Å²) in [5.41, 5.74) is 3.92. The molecule has 0 aliphatic rings. The second-order valence-corrected chi connectivity index (χ2v) is 5.80. The summed E-state index contributed by atoms with van der Waals surface area (Å²) in [6.45, 7) is 0. The third-order valence-corrected chi connectivity index (χ3v) is 3.82. The van der Waals surface area contributed by atoms with Crippen LogP contribution >= 0.6 is 0 Å². The number of nitrogens with one attached hydrogen (secondary N) is 1. The van der Waals surface area contributed by atoms with Crippen molar-refractivity contribution in [2.45, 2.75) is 0 Å². The monoisotopic (exact) mass is 409 g/mol. The maximum Gasteiger partial charge on any atom is 0.287 e. The highest BCUT2D eigenvalue weighted by Gasteiger charge is 2.10. The van der Waals surface area contributed by atoms with Crippen LogP contribution in [0, 0.1) is 20.2 Å². The van der Waals surface area contributed by atoms with E-state index in [1.54, 1.807) is 30.3 Å². The smallest absolute Gasteiger partial charge is 0.287 e. The molecule has 1 aromatic heterocycles. The van der Waals surface area contributed by atoms with Crippen molar-refractivity contribution in [1.29, 1.82) is 0 Å². The number of hydrazone groups is 1. The van der Waals surface area contributed by atoms with E-state index < -0.39 is 9.85 Å². The molecular weight excluding hydrogens is 394 g/mol. The SMILES string of the molecule is COc1cc(C=NNc2ccc([N+](=O)[O-])cc2)ccc1Oc1ccc([N+](=O)[O-])cn1. The van der Waals surface area contributed by atoms with Gasteiger partial charge >= 0.3 is 0 Å². The van der Waals surface area contributed by atoms with E-state index in [-0.39, 0.29) is 17.3 Å². The highest BCUT2D eigenvalue weighted by molar-refractivity contribution is 5.81. The molecule has 0 aliphatic carbocycles. The van der Waals surface area contributed by atoms with Crippen LogP contribution in [0.3, 0.4) is 0 Å². The van der Waals surface area contributed by atoms with E-state index in [0.29, 0.717) is 22.7 Å². The molecule has 0 atom stereocenters. The van der Waals surface area contributed by atoms with Gasteiger partial charge in [0.2, 0.25) is 5.88 Å². The molecule has 1 N–H and O–H groups in total. The van der Waals surface area contributed by atoms with Crippen molar-refractivity contribution in [2.24, 2.45) is 5.10 Å². The minimum Gasteiger partial charge on any atom is -0.493 e. The lowest BCUT2D eigenvalue weighted by Crippen LogP contribution is -1.96. The Hall–Kier alpha value is -4.54. The van der Waals surface area contributed by atoms with Gasteiger partial charge in [-0.15, -0.1) is 0 Å². The molecule has 30 heavy (non-hydrogen) atoms. The molecule has 11 nitrogen and oxygen atoms in total. The number of ether oxygens (including phenoxy) is 2. The molecule has 0 spiro atoms. The highest BCUT2D eigenvalue weighted by atomic mass is 16.6. The number of nitro benzene ring substituents is 1. The van der Waals surface area contributed by atoms with E-state index in [4.69, 9.17) is 9.47 Å². The normalized spacial score (nSPS) is 10.6. The van der Waals surface area contributed by atoms with Gasteiger partial charge in [-0.1, -0.05) is 0 Å². The summed E-state index contributed by atoms with van der Waals surface area (Å²) in [5, 5.41) is 25.4. The summed E-state index contributed by atoms with van der Waals surface area (Å²) in [7, 11) is 1.47. The zero-order valence-electron chi connectivity index (χ0n) is 15.6. The minimum absolute atomic E-state index is 0.00707. The van der Waals surface area contributed by atoms with Gasteiger partial charge in [-0.2, -0.15) is 5.10 Å². The number of aromatic nitrogens is 1. The number of methoxy groups -OCH3 is 1. The van der Waals surface area contributed by atoms with Gasteiger partial charge in [-0.25, -0.2) is 4.98 Å². The first-order valence-corrected chi connectivity index (χ1v) is 8.46. The van der Waals surface area contributed by atoms with E-state index in [0.717, 1.165) is 6.20 Å². The van der Waals surface area contributed by atoms with Crippen LogP contribution in [0.5, 0.6) is 17.4 Å². The number of hydrogen-bond acceptors (Lipinski definition) is 9. The van der Waals surface area contributed by atoms with Crippen LogP contribution in [-0.2, 0) is 0 Å². The number of rotatable bonds is 8. The Morgan fingerprint density at radius 1 is 0.967 bits per heavy atom. The van der Waals surface area contributed by atoms with Gasteiger partial charge in [0.15, 0.2) is 11.5 Å². The number of nitro groups is 2. The number of pyridine rings is 1. The summed E-state index contributed by atoms with van der Waals surface area (Å²) >= 11 is 0. The summed E-state index contributed by atoms with van der Waals surface area (Å²) < 4.78 is 10.9. The van der Waals surface area contributed by atoms with Crippen molar-refractivity contribution < 1.29 is 19.3 Å². The quantitative estimate of drug-likeness (QED) is 0.332. The van der Waals surface area contributed by atoms with Gasteiger partial charge in [0.05, 0.1) is 28.9 Å². The van der Waals surface area contributed by atoms with Crippen LogP contribution in [0.25, 0.3) is 0 Å². The number of non-ortho nitro benzene ring substituents is 1. The molecule has 0 aliphatic heterocycles. The summed E-state index contributed by atoms with van der Waals surface area (Å²) in [4.78, 5) is 24.2. The van der Waals surface area contributed by atoms with Crippen LogP contribution in [0.2, 0.25) is 0 Å².